The lowest BCUT2D eigenvalue weighted by molar-refractivity contribution is -0.137. The predicted molar refractivity (Wildman–Crippen MR) is 111 cm³/mol. The number of unbranched alkanes of at least 4 members (excludes halogenated alkanes) is 3. The van der Waals surface area contributed by atoms with Gasteiger partial charge in [-0.1, -0.05) is 18.9 Å². The van der Waals surface area contributed by atoms with E-state index in [2.05, 4.69) is 15.6 Å². The number of anilines is 1. The highest BCUT2D eigenvalue weighted by atomic mass is 16.4. The van der Waals surface area contributed by atoms with Gasteiger partial charge in [0.15, 0.2) is 0 Å². The molecule has 1 aromatic heterocycles. The van der Waals surface area contributed by atoms with Crippen LogP contribution < -0.4 is 16.2 Å². The average molecular weight is 414 g/mol. The number of imide groups is 1. The molecule has 0 saturated carbocycles. The second-order valence-electron chi connectivity index (χ2n) is 7.49. The Morgan fingerprint density at radius 2 is 2.00 bits per heavy atom. The van der Waals surface area contributed by atoms with Crippen LogP contribution in [-0.4, -0.2) is 39.0 Å². The summed E-state index contributed by atoms with van der Waals surface area (Å²) in [4.78, 5) is 52.1. The van der Waals surface area contributed by atoms with Gasteiger partial charge in [-0.15, -0.1) is 0 Å². The van der Waals surface area contributed by atoms with Crippen LogP contribution in [0.4, 0.5) is 5.69 Å². The number of nitrogens with one attached hydrogen (secondary N) is 2. The molecule has 9 nitrogen and oxygen atoms in total. The summed E-state index contributed by atoms with van der Waals surface area (Å²) in [6.45, 7) is 2.32. The predicted octanol–water partition coefficient (Wildman–Crippen LogP) is 2.13. The Hall–Kier alpha value is -3.23. The Morgan fingerprint density at radius 1 is 1.23 bits per heavy atom. The van der Waals surface area contributed by atoms with E-state index in [0.717, 1.165) is 19.3 Å². The number of carboxylic acid groups (broad SMARTS) is 1. The second-order valence-corrected chi connectivity index (χ2v) is 7.49. The van der Waals surface area contributed by atoms with Crippen LogP contribution in [0.2, 0.25) is 0 Å². The number of carbonyl (C=O) groups is 3. The topological polar surface area (TPSA) is 130 Å². The lowest BCUT2D eigenvalue weighted by atomic mass is 10.1. The van der Waals surface area contributed by atoms with Gasteiger partial charge in [0.1, 0.15) is 11.9 Å². The fraction of sp³-hybridized carbons (Fsp3) is 0.476. The van der Waals surface area contributed by atoms with Gasteiger partial charge in [-0.05, 0) is 38.3 Å². The molecule has 2 aromatic rings. The molecule has 3 N–H and O–H groups in total. The Kier molecular flexibility index (Phi) is 6.81. The zero-order valence-corrected chi connectivity index (χ0v) is 16.9. The van der Waals surface area contributed by atoms with Gasteiger partial charge in [0.05, 0.1) is 10.9 Å². The van der Waals surface area contributed by atoms with Gasteiger partial charge in [-0.25, -0.2) is 4.98 Å². The fourth-order valence-corrected chi connectivity index (χ4v) is 3.77. The van der Waals surface area contributed by atoms with Crippen LogP contribution in [0, 0.1) is 6.92 Å². The first-order valence-electron chi connectivity index (χ1n) is 10.2. The van der Waals surface area contributed by atoms with E-state index in [1.54, 1.807) is 19.1 Å². The molecule has 0 aliphatic carbocycles. The van der Waals surface area contributed by atoms with E-state index >= 15 is 0 Å². The first-order valence-corrected chi connectivity index (χ1v) is 10.2. The van der Waals surface area contributed by atoms with Crippen LogP contribution in [0.3, 0.4) is 0 Å². The molecule has 9 heteroatoms. The van der Waals surface area contributed by atoms with Crippen molar-refractivity contribution < 1.29 is 19.5 Å². The lowest BCUT2D eigenvalue weighted by Gasteiger charge is -2.24. The van der Waals surface area contributed by atoms with Crippen molar-refractivity contribution in [2.24, 2.45) is 0 Å². The van der Waals surface area contributed by atoms with Crippen molar-refractivity contribution in [1.29, 1.82) is 0 Å². The number of hydrogen-bond acceptors (Lipinski definition) is 6. The van der Waals surface area contributed by atoms with Crippen LogP contribution in [0.1, 0.15) is 56.8 Å². The lowest BCUT2D eigenvalue weighted by Crippen LogP contribution is -2.45. The summed E-state index contributed by atoms with van der Waals surface area (Å²) in [6.07, 6.45) is 3.86. The quantitative estimate of drug-likeness (QED) is 0.423. The number of carboxylic acids is 1. The minimum absolute atomic E-state index is 0.182. The number of amides is 2. The number of aryl methyl sites for hydroxylation is 1. The van der Waals surface area contributed by atoms with Crippen LogP contribution in [-0.2, 0) is 14.4 Å². The van der Waals surface area contributed by atoms with Crippen LogP contribution in [0.5, 0.6) is 0 Å². The van der Waals surface area contributed by atoms with E-state index in [0.29, 0.717) is 35.4 Å². The third-order valence-electron chi connectivity index (χ3n) is 5.26. The fourth-order valence-electron chi connectivity index (χ4n) is 3.77. The molecule has 1 fully saturated rings. The number of rotatable bonds is 9. The van der Waals surface area contributed by atoms with Gasteiger partial charge >= 0.3 is 5.97 Å². The Morgan fingerprint density at radius 3 is 2.73 bits per heavy atom. The monoisotopic (exact) mass is 414 g/mol. The number of aromatic nitrogens is 2. The number of hydrogen-bond donors (Lipinski definition) is 3. The van der Waals surface area contributed by atoms with Crippen molar-refractivity contribution in [1.82, 2.24) is 14.9 Å². The summed E-state index contributed by atoms with van der Waals surface area (Å²) in [5.74, 6) is -1.16. The molecule has 1 aromatic carbocycles. The van der Waals surface area contributed by atoms with Crippen molar-refractivity contribution in [2.75, 3.05) is 11.9 Å². The zero-order chi connectivity index (χ0) is 21.7. The van der Waals surface area contributed by atoms with Gasteiger partial charge < -0.3 is 10.4 Å². The summed E-state index contributed by atoms with van der Waals surface area (Å²) in [6, 6.07) is 4.63. The molecule has 1 saturated heterocycles. The normalized spacial score (nSPS) is 16.5. The Labute approximate surface area is 173 Å². The maximum Gasteiger partial charge on any atom is 0.303 e. The summed E-state index contributed by atoms with van der Waals surface area (Å²) in [5.41, 5.74) is 0.889. The van der Waals surface area contributed by atoms with E-state index in [4.69, 9.17) is 5.11 Å². The molecule has 3 rings (SSSR count). The number of carbonyl (C=O) groups excluding carboxylic acids is 2. The maximum atomic E-state index is 13.3. The Balaban J connectivity index is 1.78. The molecule has 1 aliphatic heterocycles. The molecule has 0 spiro atoms. The van der Waals surface area contributed by atoms with Gasteiger partial charge in [0, 0.05) is 25.1 Å². The smallest absolute Gasteiger partial charge is 0.303 e. The molecule has 1 aliphatic rings. The van der Waals surface area contributed by atoms with Crippen LogP contribution >= 0.6 is 0 Å². The highest BCUT2D eigenvalue weighted by Crippen LogP contribution is 2.23. The molecule has 2 amide bonds. The molecule has 1 unspecified atom stereocenters. The van der Waals surface area contributed by atoms with Gasteiger partial charge in [-0.2, -0.15) is 0 Å². The van der Waals surface area contributed by atoms with Crippen molar-refractivity contribution >= 4 is 34.4 Å². The van der Waals surface area contributed by atoms with Crippen molar-refractivity contribution in [3.8, 4) is 0 Å². The summed E-state index contributed by atoms with van der Waals surface area (Å²) >= 11 is 0. The second kappa shape index (κ2) is 9.51. The van der Waals surface area contributed by atoms with E-state index in [1.807, 2.05) is 6.07 Å². The van der Waals surface area contributed by atoms with Crippen LogP contribution in [0.15, 0.2) is 23.0 Å². The van der Waals surface area contributed by atoms with Crippen molar-refractivity contribution in [3.05, 3.63) is 34.4 Å². The Bertz CT molecular complexity index is 1030. The molecular weight excluding hydrogens is 388 g/mol. The number of fused-ring (bicyclic) bond motifs is 1. The van der Waals surface area contributed by atoms with Crippen molar-refractivity contribution in [2.45, 2.75) is 57.9 Å². The van der Waals surface area contributed by atoms with Gasteiger partial charge in [0.25, 0.3) is 5.56 Å². The molecular formula is C21H26N4O5. The molecule has 0 radical (unpaired) electrons. The SMILES string of the molecule is Cc1nc2cccc(NCCCCCCC(=O)O)c2c(=O)n1C1CCC(=O)NC1=O. The first-order chi connectivity index (χ1) is 14.4. The average Bonchev–Trinajstić information content (AvgIpc) is 2.68. The first kappa shape index (κ1) is 21.5. The van der Waals surface area contributed by atoms with Crippen LogP contribution in [0.25, 0.3) is 10.9 Å². The standard InChI is InChI=1S/C21H26N4O5/c1-13-23-15-8-6-7-14(22-12-5-3-2-4-9-18(27)28)19(15)21(30)25(13)16-10-11-17(26)24-20(16)29/h6-8,16,22H,2-5,9-12H2,1H3,(H,27,28)(H,24,26,29). The molecule has 0 bridgehead atoms. The third-order valence-corrected chi connectivity index (χ3v) is 5.26. The molecule has 2 heterocycles. The molecule has 160 valence electrons. The minimum atomic E-state index is -0.779. The molecule has 1 atom stereocenters. The highest BCUT2D eigenvalue weighted by molar-refractivity contribution is 5.99. The number of piperidine rings is 1. The number of aliphatic carboxylic acids is 1. The third kappa shape index (κ3) is 4.84. The minimum Gasteiger partial charge on any atom is -0.481 e. The van der Waals surface area contributed by atoms with Crippen molar-refractivity contribution in [3.63, 3.8) is 0 Å². The largest absolute Gasteiger partial charge is 0.481 e. The van der Waals surface area contributed by atoms with E-state index in [-0.39, 0.29) is 30.7 Å². The van der Waals surface area contributed by atoms with E-state index in [1.165, 1.54) is 4.57 Å². The maximum absolute atomic E-state index is 13.3. The summed E-state index contributed by atoms with van der Waals surface area (Å²) in [7, 11) is 0. The van der Waals surface area contributed by atoms with E-state index in [9.17, 15) is 19.2 Å². The van der Waals surface area contributed by atoms with Gasteiger partial charge in [0.2, 0.25) is 11.8 Å². The van der Waals surface area contributed by atoms with E-state index < -0.39 is 17.9 Å². The highest BCUT2D eigenvalue weighted by Gasteiger charge is 2.30. The number of benzene rings is 1. The number of nitrogens with zero attached hydrogens (tertiary/aromatic N) is 2. The molecule has 30 heavy (non-hydrogen) atoms. The summed E-state index contributed by atoms with van der Waals surface area (Å²) < 4.78 is 1.38. The van der Waals surface area contributed by atoms with Gasteiger partial charge in [-0.3, -0.25) is 29.1 Å². The zero-order valence-electron chi connectivity index (χ0n) is 16.9. The summed E-state index contributed by atoms with van der Waals surface area (Å²) in [5, 5.41) is 14.6.